The minimum absolute atomic E-state index is 0.383. The number of aliphatic carboxylic acids is 1. The van der Waals surface area contributed by atoms with Crippen LogP contribution in [0.15, 0.2) is 32.5 Å². The largest absolute Gasteiger partial charge is 0.480 e. The molecule has 0 radical (unpaired) electrons. The molecule has 1 fully saturated rings. The molecule has 0 unspecified atom stereocenters. The maximum absolute atomic E-state index is 11.7. The standard InChI is InChI=1S/C15H17N3O5/c19-14(20)10-18-12-2-1-11(9-13(12)23-15(18)21)3-4-16-17-5-7-22-8-6-17/h1-2,4,9H,3,5-8,10H2,(H,19,20)/b16-4+. The van der Waals surface area contributed by atoms with Gasteiger partial charge in [0.05, 0.1) is 31.8 Å². The third-order valence-electron chi connectivity index (χ3n) is 3.59. The lowest BCUT2D eigenvalue weighted by molar-refractivity contribution is -0.137. The highest BCUT2D eigenvalue weighted by Crippen LogP contribution is 2.15. The van der Waals surface area contributed by atoms with Gasteiger partial charge in [-0.3, -0.25) is 14.4 Å². The van der Waals surface area contributed by atoms with Crippen LogP contribution in [0.25, 0.3) is 11.1 Å². The first kappa shape index (κ1) is 15.3. The van der Waals surface area contributed by atoms with Gasteiger partial charge in [0.25, 0.3) is 0 Å². The molecule has 0 atom stereocenters. The Balaban J connectivity index is 1.74. The van der Waals surface area contributed by atoms with E-state index in [9.17, 15) is 9.59 Å². The van der Waals surface area contributed by atoms with Crippen LogP contribution in [0, 0.1) is 0 Å². The number of hydrazone groups is 1. The molecular formula is C15H17N3O5. The van der Waals surface area contributed by atoms with Crippen LogP contribution in [-0.2, 0) is 22.5 Å². The fourth-order valence-electron chi connectivity index (χ4n) is 2.45. The van der Waals surface area contributed by atoms with Crippen LogP contribution in [0.1, 0.15) is 5.56 Å². The maximum atomic E-state index is 11.7. The highest BCUT2D eigenvalue weighted by atomic mass is 16.5. The van der Waals surface area contributed by atoms with E-state index in [0.29, 0.717) is 30.7 Å². The molecule has 1 aliphatic heterocycles. The molecule has 0 amide bonds. The monoisotopic (exact) mass is 319 g/mol. The van der Waals surface area contributed by atoms with Gasteiger partial charge in [-0.25, -0.2) is 4.79 Å². The van der Waals surface area contributed by atoms with Crippen molar-refractivity contribution in [2.24, 2.45) is 5.10 Å². The highest BCUT2D eigenvalue weighted by molar-refractivity contribution is 5.77. The Bertz CT molecular complexity index is 786. The molecule has 0 aliphatic carbocycles. The van der Waals surface area contributed by atoms with Gasteiger partial charge >= 0.3 is 11.7 Å². The van der Waals surface area contributed by atoms with E-state index in [-0.39, 0.29) is 0 Å². The Morgan fingerprint density at radius 3 is 2.87 bits per heavy atom. The summed E-state index contributed by atoms with van der Waals surface area (Å²) in [6, 6.07) is 5.27. The van der Waals surface area contributed by atoms with Crippen molar-refractivity contribution >= 4 is 23.3 Å². The summed E-state index contributed by atoms with van der Waals surface area (Å²) in [6.07, 6.45) is 2.40. The summed E-state index contributed by atoms with van der Waals surface area (Å²) < 4.78 is 11.5. The minimum Gasteiger partial charge on any atom is -0.480 e. The van der Waals surface area contributed by atoms with E-state index in [1.165, 1.54) is 0 Å². The minimum atomic E-state index is -1.09. The zero-order valence-corrected chi connectivity index (χ0v) is 12.5. The van der Waals surface area contributed by atoms with Crippen LogP contribution in [0.3, 0.4) is 0 Å². The van der Waals surface area contributed by atoms with E-state index in [1.54, 1.807) is 18.3 Å². The number of morpholine rings is 1. The number of oxazole rings is 1. The summed E-state index contributed by atoms with van der Waals surface area (Å²) in [7, 11) is 0. The van der Waals surface area contributed by atoms with Crippen molar-refractivity contribution in [3.63, 3.8) is 0 Å². The van der Waals surface area contributed by atoms with Crippen LogP contribution >= 0.6 is 0 Å². The lowest BCUT2D eigenvalue weighted by Crippen LogP contribution is -2.32. The Morgan fingerprint density at radius 1 is 1.35 bits per heavy atom. The summed E-state index contributed by atoms with van der Waals surface area (Å²) in [5.74, 6) is -1.75. The van der Waals surface area contributed by atoms with E-state index in [4.69, 9.17) is 14.3 Å². The first-order chi connectivity index (χ1) is 11.1. The Morgan fingerprint density at radius 2 is 2.13 bits per heavy atom. The molecule has 0 bridgehead atoms. The second-order valence-electron chi connectivity index (χ2n) is 5.22. The molecule has 0 spiro atoms. The normalized spacial score (nSPS) is 15.6. The van der Waals surface area contributed by atoms with E-state index in [1.807, 2.05) is 11.1 Å². The van der Waals surface area contributed by atoms with Crippen LogP contribution in [-0.4, -0.2) is 53.2 Å². The van der Waals surface area contributed by atoms with Crippen molar-refractivity contribution < 1.29 is 19.1 Å². The summed E-state index contributed by atoms with van der Waals surface area (Å²) >= 11 is 0. The maximum Gasteiger partial charge on any atom is 0.420 e. The van der Waals surface area contributed by atoms with E-state index in [2.05, 4.69) is 5.10 Å². The zero-order valence-electron chi connectivity index (χ0n) is 12.5. The number of hydrogen-bond acceptors (Lipinski definition) is 6. The molecule has 8 heteroatoms. The van der Waals surface area contributed by atoms with Gasteiger partial charge in [-0.1, -0.05) is 6.07 Å². The molecular weight excluding hydrogens is 302 g/mol. The fraction of sp³-hybridized carbons (Fsp3) is 0.400. The van der Waals surface area contributed by atoms with Gasteiger partial charge < -0.3 is 14.3 Å². The second-order valence-corrected chi connectivity index (χ2v) is 5.22. The van der Waals surface area contributed by atoms with Crippen molar-refractivity contribution in [2.75, 3.05) is 26.3 Å². The quantitative estimate of drug-likeness (QED) is 0.808. The number of fused-ring (bicyclic) bond motifs is 1. The molecule has 1 aromatic heterocycles. The highest BCUT2D eigenvalue weighted by Gasteiger charge is 2.12. The molecule has 1 aliphatic rings. The smallest absolute Gasteiger partial charge is 0.420 e. The van der Waals surface area contributed by atoms with Crippen molar-refractivity contribution in [1.29, 1.82) is 0 Å². The predicted octanol–water partition coefficient (Wildman–Crippen LogP) is 0.540. The average molecular weight is 319 g/mol. The van der Waals surface area contributed by atoms with Gasteiger partial charge in [0.2, 0.25) is 0 Å². The molecule has 2 aromatic rings. The number of rotatable bonds is 5. The molecule has 2 heterocycles. The second kappa shape index (κ2) is 6.66. The number of benzene rings is 1. The van der Waals surface area contributed by atoms with E-state index in [0.717, 1.165) is 23.2 Å². The first-order valence-corrected chi connectivity index (χ1v) is 7.32. The van der Waals surface area contributed by atoms with Gasteiger partial charge in [0, 0.05) is 12.6 Å². The number of ether oxygens (including phenoxy) is 1. The Hall–Kier alpha value is -2.61. The van der Waals surface area contributed by atoms with Crippen molar-refractivity contribution in [3.05, 3.63) is 34.3 Å². The average Bonchev–Trinajstić information content (AvgIpc) is 2.83. The van der Waals surface area contributed by atoms with Crippen molar-refractivity contribution in [1.82, 2.24) is 9.58 Å². The number of carboxylic acids is 1. The summed E-state index contributed by atoms with van der Waals surface area (Å²) in [5, 5.41) is 15.2. The molecule has 122 valence electrons. The zero-order chi connectivity index (χ0) is 16.2. The van der Waals surface area contributed by atoms with Crippen LogP contribution in [0.4, 0.5) is 0 Å². The lowest BCUT2D eigenvalue weighted by Gasteiger charge is -2.23. The number of carboxylic acid groups (broad SMARTS) is 1. The van der Waals surface area contributed by atoms with Gasteiger partial charge in [0.15, 0.2) is 5.58 Å². The number of nitrogens with zero attached hydrogens (tertiary/aromatic N) is 3. The van der Waals surface area contributed by atoms with Gasteiger partial charge in [0.1, 0.15) is 6.54 Å². The molecule has 1 saturated heterocycles. The van der Waals surface area contributed by atoms with Gasteiger partial charge in [-0.15, -0.1) is 0 Å². The molecule has 1 N–H and O–H groups in total. The number of hydrogen-bond donors (Lipinski definition) is 1. The topological polar surface area (TPSA) is 97.3 Å². The first-order valence-electron chi connectivity index (χ1n) is 7.32. The summed E-state index contributed by atoms with van der Waals surface area (Å²) in [6.45, 7) is 2.52. The van der Waals surface area contributed by atoms with Crippen LogP contribution in [0.5, 0.6) is 0 Å². The Labute approximate surface area is 131 Å². The fourth-order valence-corrected chi connectivity index (χ4v) is 2.45. The van der Waals surface area contributed by atoms with Crippen LogP contribution in [0.2, 0.25) is 0 Å². The summed E-state index contributed by atoms with van der Waals surface area (Å²) in [4.78, 5) is 22.5. The van der Waals surface area contributed by atoms with E-state index >= 15 is 0 Å². The van der Waals surface area contributed by atoms with Gasteiger partial charge in [-0.2, -0.15) is 5.10 Å². The Kier molecular flexibility index (Phi) is 4.42. The lowest BCUT2D eigenvalue weighted by atomic mass is 10.1. The van der Waals surface area contributed by atoms with Crippen molar-refractivity contribution in [2.45, 2.75) is 13.0 Å². The molecule has 23 heavy (non-hydrogen) atoms. The molecule has 0 saturated carbocycles. The number of aromatic nitrogens is 1. The third-order valence-corrected chi connectivity index (χ3v) is 3.59. The predicted molar refractivity (Wildman–Crippen MR) is 82.7 cm³/mol. The van der Waals surface area contributed by atoms with Crippen molar-refractivity contribution in [3.8, 4) is 0 Å². The third kappa shape index (κ3) is 3.59. The molecule has 3 rings (SSSR count). The van der Waals surface area contributed by atoms with Crippen LogP contribution < -0.4 is 5.76 Å². The SMILES string of the molecule is O=C(O)Cn1c(=O)oc2cc(C/C=N/N3CCOCC3)ccc21. The molecule has 8 nitrogen and oxygen atoms in total. The summed E-state index contributed by atoms with van der Waals surface area (Å²) in [5.41, 5.74) is 1.80. The van der Waals surface area contributed by atoms with Gasteiger partial charge in [-0.05, 0) is 17.7 Å². The molecule has 1 aromatic carbocycles. The van der Waals surface area contributed by atoms with E-state index < -0.39 is 18.3 Å². The number of carbonyl (C=O) groups is 1.